The van der Waals surface area contributed by atoms with Crippen LogP contribution in [0.1, 0.15) is 34.9 Å². The molecule has 1 N–H and O–H groups in total. The van der Waals surface area contributed by atoms with E-state index in [9.17, 15) is 0 Å². The van der Waals surface area contributed by atoms with Crippen molar-refractivity contribution < 1.29 is 0 Å². The zero-order valence-electron chi connectivity index (χ0n) is 12.3. The summed E-state index contributed by atoms with van der Waals surface area (Å²) in [6.45, 7) is 3.22. The lowest BCUT2D eigenvalue weighted by Crippen LogP contribution is -2.19. The van der Waals surface area contributed by atoms with Crippen LogP contribution in [0, 0.1) is 12.8 Å². The van der Waals surface area contributed by atoms with Crippen molar-refractivity contribution in [2.75, 3.05) is 13.6 Å². The van der Waals surface area contributed by atoms with Gasteiger partial charge in [-0.1, -0.05) is 60.2 Å². The lowest BCUT2D eigenvalue weighted by atomic mass is 9.91. The molecule has 0 aromatic heterocycles. The van der Waals surface area contributed by atoms with Crippen molar-refractivity contribution in [3.63, 3.8) is 0 Å². The Labute approximate surface area is 122 Å². The fraction of sp³-hybridized carbons (Fsp3) is 0.368. The van der Waals surface area contributed by atoms with Crippen LogP contribution in [0.3, 0.4) is 0 Å². The Morgan fingerprint density at radius 3 is 2.40 bits per heavy atom. The Morgan fingerprint density at radius 1 is 1.05 bits per heavy atom. The van der Waals surface area contributed by atoms with Gasteiger partial charge in [-0.3, -0.25) is 0 Å². The van der Waals surface area contributed by atoms with Gasteiger partial charge in [-0.25, -0.2) is 0 Å². The van der Waals surface area contributed by atoms with Gasteiger partial charge in [0.25, 0.3) is 0 Å². The molecule has 0 amide bonds. The third kappa shape index (κ3) is 2.78. The van der Waals surface area contributed by atoms with Crippen LogP contribution in [-0.4, -0.2) is 13.6 Å². The molecule has 20 heavy (non-hydrogen) atoms. The Hall–Kier alpha value is -1.60. The maximum atomic E-state index is 3.37. The van der Waals surface area contributed by atoms with Crippen molar-refractivity contribution in [1.29, 1.82) is 0 Å². The van der Waals surface area contributed by atoms with Crippen LogP contribution in [0.5, 0.6) is 0 Å². The van der Waals surface area contributed by atoms with Gasteiger partial charge in [0.2, 0.25) is 0 Å². The van der Waals surface area contributed by atoms with Crippen LogP contribution in [0.2, 0.25) is 0 Å². The third-order valence-corrected chi connectivity index (χ3v) is 4.51. The zero-order valence-corrected chi connectivity index (χ0v) is 12.3. The van der Waals surface area contributed by atoms with E-state index in [-0.39, 0.29) is 0 Å². The maximum absolute atomic E-state index is 3.37. The van der Waals surface area contributed by atoms with Crippen LogP contribution >= 0.6 is 0 Å². The van der Waals surface area contributed by atoms with Crippen molar-refractivity contribution in [2.24, 2.45) is 5.92 Å². The summed E-state index contributed by atoms with van der Waals surface area (Å²) >= 11 is 0. The summed E-state index contributed by atoms with van der Waals surface area (Å²) in [7, 11) is 2.06. The normalized spacial score (nSPS) is 22.5. The number of likely N-dealkylation sites (N-methyl/N-ethyl adjacent to an activating group) is 1. The monoisotopic (exact) mass is 265 g/mol. The molecule has 1 fully saturated rings. The Kier molecular flexibility index (Phi) is 3.88. The SMILES string of the molecule is CNCC(c1ccc(C)cc1)C1CC1c1ccccc1. The average Bonchev–Trinajstić information content (AvgIpc) is 3.27. The van der Waals surface area contributed by atoms with E-state index in [1.807, 2.05) is 0 Å². The summed E-state index contributed by atoms with van der Waals surface area (Å²) in [5.74, 6) is 2.16. The molecule has 2 aromatic rings. The molecule has 0 spiro atoms. The van der Waals surface area contributed by atoms with E-state index in [1.54, 1.807) is 0 Å². The molecule has 104 valence electrons. The van der Waals surface area contributed by atoms with Gasteiger partial charge in [0, 0.05) is 6.54 Å². The summed E-state index contributed by atoms with van der Waals surface area (Å²) in [6.07, 6.45) is 1.32. The highest BCUT2D eigenvalue weighted by Gasteiger charge is 2.43. The number of aryl methyl sites for hydroxylation is 1. The first-order valence-corrected chi connectivity index (χ1v) is 7.55. The number of benzene rings is 2. The predicted octanol–water partition coefficient (Wildman–Crippen LogP) is 4.10. The van der Waals surface area contributed by atoms with Crippen LogP contribution < -0.4 is 5.32 Å². The van der Waals surface area contributed by atoms with E-state index in [0.29, 0.717) is 5.92 Å². The minimum absolute atomic E-state index is 0.630. The summed E-state index contributed by atoms with van der Waals surface area (Å²) in [6, 6.07) is 20.0. The van der Waals surface area contributed by atoms with E-state index in [4.69, 9.17) is 0 Å². The molecule has 0 bridgehead atoms. The minimum atomic E-state index is 0.630. The molecule has 3 atom stereocenters. The van der Waals surface area contributed by atoms with Crippen molar-refractivity contribution in [3.8, 4) is 0 Å². The van der Waals surface area contributed by atoms with Gasteiger partial charge in [-0.05, 0) is 49.3 Å². The average molecular weight is 265 g/mol. The number of nitrogens with one attached hydrogen (secondary N) is 1. The minimum Gasteiger partial charge on any atom is -0.319 e. The molecule has 1 saturated carbocycles. The van der Waals surface area contributed by atoms with Crippen molar-refractivity contribution in [2.45, 2.75) is 25.2 Å². The van der Waals surface area contributed by atoms with Gasteiger partial charge in [-0.15, -0.1) is 0 Å². The summed E-state index contributed by atoms with van der Waals surface area (Å²) in [4.78, 5) is 0. The topological polar surface area (TPSA) is 12.0 Å². The molecule has 1 aliphatic rings. The molecule has 1 heteroatoms. The first kappa shape index (κ1) is 13.4. The van der Waals surface area contributed by atoms with Crippen molar-refractivity contribution >= 4 is 0 Å². The third-order valence-electron chi connectivity index (χ3n) is 4.51. The number of rotatable bonds is 5. The molecule has 3 unspecified atom stereocenters. The second-order valence-electron chi connectivity index (χ2n) is 5.99. The lowest BCUT2D eigenvalue weighted by molar-refractivity contribution is 0.555. The Morgan fingerprint density at radius 2 is 1.75 bits per heavy atom. The van der Waals surface area contributed by atoms with Crippen LogP contribution in [0.4, 0.5) is 0 Å². The van der Waals surface area contributed by atoms with Gasteiger partial charge in [0.15, 0.2) is 0 Å². The molecular weight excluding hydrogens is 242 g/mol. The Balaban J connectivity index is 1.78. The van der Waals surface area contributed by atoms with Gasteiger partial charge >= 0.3 is 0 Å². The molecule has 3 rings (SSSR count). The van der Waals surface area contributed by atoms with Crippen LogP contribution in [0.15, 0.2) is 54.6 Å². The smallest absolute Gasteiger partial charge is 0.00200 e. The standard InChI is InChI=1S/C19H23N/c1-14-8-10-16(11-9-14)19(13-20-2)18-12-17(18)15-6-4-3-5-7-15/h3-11,17-20H,12-13H2,1-2H3. The van der Waals surface area contributed by atoms with Gasteiger partial charge < -0.3 is 5.32 Å². The van der Waals surface area contributed by atoms with Crippen LogP contribution in [-0.2, 0) is 0 Å². The molecule has 0 radical (unpaired) electrons. The van der Waals surface area contributed by atoms with E-state index in [1.165, 1.54) is 23.1 Å². The zero-order chi connectivity index (χ0) is 13.9. The highest BCUT2D eigenvalue weighted by molar-refractivity contribution is 5.32. The molecule has 1 aliphatic carbocycles. The second-order valence-corrected chi connectivity index (χ2v) is 5.99. The fourth-order valence-corrected chi connectivity index (χ4v) is 3.29. The lowest BCUT2D eigenvalue weighted by Gasteiger charge is -2.17. The van der Waals surface area contributed by atoms with Crippen molar-refractivity contribution in [3.05, 3.63) is 71.3 Å². The molecule has 2 aromatic carbocycles. The Bertz CT molecular complexity index is 544. The largest absolute Gasteiger partial charge is 0.319 e. The number of hydrogen-bond acceptors (Lipinski definition) is 1. The summed E-state index contributed by atoms with van der Waals surface area (Å²) in [5.41, 5.74) is 4.33. The molecular formula is C19H23N. The maximum Gasteiger partial charge on any atom is 0.00200 e. The quantitative estimate of drug-likeness (QED) is 0.858. The first-order chi connectivity index (χ1) is 9.79. The summed E-state index contributed by atoms with van der Waals surface area (Å²) < 4.78 is 0. The highest BCUT2D eigenvalue weighted by atomic mass is 14.8. The van der Waals surface area contributed by atoms with Gasteiger partial charge in [0.1, 0.15) is 0 Å². The summed E-state index contributed by atoms with van der Waals surface area (Å²) in [5, 5.41) is 3.37. The van der Waals surface area contributed by atoms with E-state index in [2.05, 4.69) is 73.9 Å². The highest BCUT2D eigenvalue weighted by Crippen LogP contribution is 2.54. The first-order valence-electron chi connectivity index (χ1n) is 7.55. The van der Waals surface area contributed by atoms with E-state index < -0.39 is 0 Å². The predicted molar refractivity (Wildman–Crippen MR) is 85.1 cm³/mol. The van der Waals surface area contributed by atoms with Crippen LogP contribution in [0.25, 0.3) is 0 Å². The molecule has 0 saturated heterocycles. The van der Waals surface area contributed by atoms with E-state index in [0.717, 1.165) is 18.4 Å². The number of hydrogen-bond donors (Lipinski definition) is 1. The van der Waals surface area contributed by atoms with Gasteiger partial charge in [-0.2, -0.15) is 0 Å². The fourth-order valence-electron chi connectivity index (χ4n) is 3.29. The molecule has 1 nitrogen and oxygen atoms in total. The second kappa shape index (κ2) is 5.80. The molecule has 0 aliphatic heterocycles. The van der Waals surface area contributed by atoms with Crippen molar-refractivity contribution in [1.82, 2.24) is 5.32 Å². The van der Waals surface area contributed by atoms with E-state index >= 15 is 0 Å². The molecule has 0 heterocycles. The van der Waals surface area contributed by atoms with Gasteiger partial charge in [0.05, 0.1) is 0 Å².